The van der Waals surface area contributed by atoms with Gasteiger partial charge in [0.2, 0.25) is 0 Å². The molecular formula is C22H24N4O3. The highest BCUT2D eigenvalue weighted by atomic mass is 16.5. The van der Waals surface area contributed by atoms with Crippen LogP contribution in [0.3, 0.4) is 0 Å². The topological polar surface area (TPSA) is 80.3 Å². The molecule has 1 N–H and O–H groups in total. The minimum absolute atomic E-state index is 0.125. The van der Waals surface area contributed by atoms with E-state index in [2.05, 4.69) is 20.9 Å². The standard InChI is InChI=1S/C22H24N4O3/c1-28-19-4-3-15(11-20(19)29-2)13-26-10-7-17(14-26)18-12-21(27)25-22(24-18)16-5-8-23-9-6-16/h3-6,8-9,11-12,17H,7,10,13-14H2,1-2H3,(H,24,25,27). The fraction of sp³-hybridized carbons (Fsp3) is 0.318. The van der Waals surface area contributed by atoms with E-state index in [1.807, 2.05) is 24.3 Å². The Balaban J connectivity index is 1.49. The van der Waals surface area contributed by atoms with Gasteiger partial charge >= 0.3 is 0 Å². The van der Waals surface area contributed by atoms with Crippen LogP contribution in [0, 0.1) is 0 Å². The summed E-state index contributed by atoms with van der Waals surface area (Å²) in [5.41, 5.74) is 2.74. The van der Waals surface area contributed by atoms with E-state index in [9.17, 15) is 4.79 Å². The van der Waals surface area contributed by atoms with E-state index >= 15 is 0 Å². The number of hydrogen-bond donors (Lipinski definition) is 1. The molecule has 0 bridgehead atoms. The second-order valence-corrected chi connectivity index (χ2v) is 7.16. The number of nitrogens with zero attached hydrogens (tertiary/aromatic N) is 3. The van der Waals surface area contributed by atoms with Gasteiger partial charge < -0.3 is 14.5 Å². The third-order valence-electron chi connectivity index (χ3n) is 5.26. The smallest absolute Gasteiger partial charge is 0.251 e. The molecular weight excluding hydrogens is 368 g/mol. The summed E-state index contributed by atoms with van der Waals surface area (Å²) in [7, 11) is 3.28. The van der Waals surface area contributed by atoms with Crippen molar-refractivity contribution in [1.29, 1.82) is 0 Å². The third kappa shape index (κ3) is 4.30. The van der Waals surface area contributed by atoms with Gasteiger partial charge in [-0.2, -0.15) is 0 Å². The van der Waals surface area contributed by atoms with Gasteiger partial charge in [0.15, 0.2) is 11.5 Å². The molecule has 0 spiro atoms. The third-order valence-corrected chi connectivity index (χ3v) is 5.26. The van der Waals surface area contributed by atoms with E-state index in [4.69, 9.17) is 14.5 Å². The summed E-state index contributed by atoms with van der Waals surface area (Å²) in [6, 6.07) is 11.3. The molecule has 0 aliphatic carbocycles. The van der Waals surface area contributed by atoms with Gasteiger partial charge in [-0.15, -0.1) is 0 Å². The van der Waals surface area contributed by atoms with E-state index in [0.717, 1.165) is 48.8 Å². The number of rotatable bonds is 6. The lowest BCUT2D eigenvalue weighted by molar-refractivity contribution is 0.323. The highest BCUT2D eigenvalue weighted by Crippen LogP contribution is 2.31. The van der Waals surface area contributed by atoms with E-state index in [0.29, 0.717) is 5.82 Å². The van der Waals surface area contributed by atoms with Crippen molar-refractivity contribution in [3.05, 3.63) is 70.4 Å². The fourth-order valence-electron chi connectivity index (χ4n) is 3.79. The Kier molecular flexibility index (Phi) is 5.57. The number of methoxy groups -OCH3 is 2. The first-order valence-corrected chi connectivity index (χ1v) is 9.61. The number of pyridine rings is 1. The minimum atomic E-state index is -0.125. The number of likely N-dealkylation sites (tertiary alicyclic amines) is 1. The summed E-state index contributed by atoms with van der Waals surface area (Å²) in [6.45, 7) is 2.63. The summed E-state index contributed by atoms with van der Waals surface area (Å²) < 4.78 is 10.7. The molecule has 1 aliphatic rings. The Labute approximate surface area is 169 Å². The summed E-state index contributed by atoms with van der Waals surface area (Å²) in [5.74, 6) is 2.29. The highest BCUT2D eigenvalue weighted by Gasteiger charge is 2.26. The van der Waals surface area contributed by atoms with E-state index in [-0.39, 0.29) is 11.5 Å². The number of nitrogens with one attached hydrogen (secondary N) is 1. The molecule has 1 saturated heterocycles. The van der Waals surface area contributed by atoms with Gasteiger partial charge in [0.25, 0.3) is 5.56 Å². The maximum Gasteiger partial charge on any atom is 0.251 e. The molecule has 1 aromatic carbocycles. The van der Waals surface area contributed by atoms with Crippen molar-refractivity contribution < 1.29 is 9.47 Å². The van der Waals surface area contributed by atoms with Crippen molar-refractivity contribution in [2.75, 3.05) is 27.3 Å². The zero-order valence-corrected chi connectivity index (χ0v) is 16.6. The number of benzene rings is 1. The van der Waals surface area contributed by atoms with E-state index in [1.165, 1.54) is 5.56 Å². The molecule has 1 atom stereocenters. The molecule has 3 heterocycles. The van der Waals surface area contributed by atoms with Gasteiger partial charge in [0.1, 0.15) is 5.82 Å². The lowest BCUT2D eigenvalue weighted by Gasteiger charge is -2.17. The van der Waals surface area contributed by atoms with Crippen molar-refractivity contribution in [2.45, 2.75) is 18.9 Å². The number of hydrogen-bond acceptors (Lipinski definition) is 6. The van der Waals surface area contributed by atoms with E-state index < -0.39 is 0 Å². The number of ether oxygens (including phenoxy) is 2. The average molecular weight is 392 g/mol. The molecule has 1 fully saturated rings. The van der Waals surface area contributed by atoms with Crippen LogP contribution in [0.1, 0.15) is 23.6 Å². The van der Waals surface area contributed by atoms with Crippen LogP contribution in [0.5, 0.6) is 11.5 Å². The van der Waals surface area contributed by atoms with Crippen LogP contribution < -0.4 is 15.0 Å². The van der Waals surface area contributed by atoms with Crippen LogP contribution in [0.15, 0.2) is 53.6 Å². The van der Waals surface area contributed by atoms with Crippen LogP contribution in [0.25, 0.3) is 11.4 Å². The normalized spacial score (nSPS) is 16.7. The molecule has 150 valence electrons. The quantitative estimate of drug-likeness (QED) is 0.695. The summed E-state index contributed by atoms with van der Waals surface area (Å²) in [5, 5.41) is 0. The first-order valence-electron chi connectivity index (χ1n) is 9.61. The molecule has 7 nitrogen and oxygen atoms in total. The molecule has 3 aromatic rings. The number of aromatic nitrogens is 3. The second-order valence-electron chi connectivity index (χ2n) is 7.16. The zero-order valence-electron chi connectivity index (χ0n) is 16.6. The van der Waals surface area contributed by atoms with Gasteiger partial charge in [0, 0.05) is 43.0 Å². The van der Waals surface area contributed by atoms with Crippen LogP contribution in [-0.4, -0.2) is 47.2 Å². The molecule has 0 amide bonds. The van der Waals surface area contributed by atoms with Crippen LogP contribution >= 0.6 is 0 Å². The van der Waals surface area contributed by atoms with E-state index in [1.54, 1.807) is 32.7 Å². The lowest BCUT2D eigenvalue weighted by Crippen LogP contribution is -2.20. The van der Waals surface area contributed by atoms with Crippen molar-refractivity contribution in [3.63, 3.8) is 0 Å². The van der Waals surface area contributed by atoms with Crippen LogP contribution in [0.4, 0.5) is 0 Å². The predicted molar refractivity (Wildman–Crippen MR) is 110 cm³/mol. The summed E-state index contributed by atoms with van der Waals surface area (Å²) >= 11 is 0. The van der Waals surface area contributed by atoms with Crippen LogP contribution in [0.2, 0.25) is 0 Å². The Morgan fingerprint density at radius 1 is 1.10 bits per heavy atom. The van der Waals surface area contributed by atoms with Crippen molar-refractivity contribution in [3.8, 4) is 22.9 Å². The number of H-pyrrole nitrogens is 1. The van der Waals surface area contributed by atoms with Gasteiger partial charge in [-0.25, -0.2) is 4.98 Å². The molecule has 1 unspecified atom stereocenters. The minimum Gasteiger partial charge on any atom is -0.493 e. The van der Waals surface area contributed by atoms with Gasteiger partial charge in [-0.1, -0.05) is 6.07 Å². The largest absolute Gasteiger partial charge is 0.493 e. The molecule has 2 aromatic heterocycles. The Bertz CT molecular complexity index is 1040. The molecule has 4 rings (SSSR count). The SMILES string of the molecule is COc1ccc(CN2CCC(c3cc(=O)[nH]c(-c4ccncc4)n3)C2)cc1OC. The Morgan fingerprint density at radius 2 is 1.90 bits per heavy atom. The Hall–Kier alpha value is -3.19. The lowest BCUT2D eigenvalue weighted by atomic mass is 10.0. The average Bonchev–Trinajstić information content (AvgIpc) is 3.22. The highest BCUT2D eigenvalue weighted by molar-refractivity contribution is 5.53. The molecule has 0 saturated carbocycles. The molecule has 29 heavy (non-hydrogen) atoms. The summed E-state index contributed by atoms with van der Waals surface area (Å²) in [4.78, 5) is 26.2. The fourth-order valence-corrected chi connectivity index (χ4v) is 3.79. The van der Waals surface area contributed by atoms with Crippen molar-refractivity contribution >= 4 is 0 Å². The van der Waals surface area contributed by atoms with Gasteiger partial charge in [-0.05, 0) is 42.8 Å². The maximum atomic E-state index is 12.2. The van der Waals surface area contributed by atoms with Crippen molar-refractivity contribution in [2.24, 2.45) is 0 Å². The van der Waals surface area contributed by atoms with Crippen molar-refractivity contribution in [1.82, 2.24) is 19.9 Å². The van der Waals surface area contributed by atoms with Crippen LogP contribution in [-0.2, 0) is 6.54 Å². The predicted octanol–water partition coefficient (Wildman–Crippen LogP) is 2.84. The summed E-state index contributed by atoms with van der Waals surface area (Å²) in [6.07, 6.45) is 4.37. The monoisotopic (exact) mass is 392 g/mol. The maximum absolute atomic E-state index is 12.2. The number of aromatic amines is 1. The molecule has 0 radical (unpaired) electrons. The van der Waals surface area contributed by atoms with Gasteiger partial charge in [-0.3, -0.25) is 14.7 Å². The Morgan fingerprint density at radius 3 is 2.66 bits per heavy atom. The molecule has 7 heteroatoms. The first-order chi connectivity index (χ1) is 14.2. The molecule has 1 aliphatic heterocycles. The first kappa shape index (κ1) is 19.1. The second kappa shape index (κ2) is 8.45. The zero-order chi connectivity index (χ0) is 20.2. The van der Waals surface area contributed by atoms with Gasteiger partial charge in [0.05, 0.1) is 19.9 Å².